The summed E-state index contributed by atoms with van der Waals surface area (Å²) in [5, 5.41) is 16.4. The molecule has 2 aromatic rings. The number of hydrogen-bond donors (Lipinski definition) is 2. The Labute approximate surface area is 188 Å². The molecule has 9 nitrogen and oxygen atoms in total. The number of rotatable bonds is 9. The van der Waals surface area contributed by atoms with Crippen molar-refractivity contribution in [3.05, 3.63) is 29.7 Å². The van der Waals surface area contributed by atoms with E-state index >= 15 is 0 Å². The third-order valence-corrected chi connectivity index (χ3v) is 5.78. The number of aliphatic carboxylic acids is 1. The normalized spacial score (nSPS) is 18.2. The summed E-state index contributed by atoms with van der Waals surface area (Å²) >= 11 is 0. The highest BCUT2D eigenvalue weighted by molar-refractivity contribution is 5.70. The summed E-state index contributed by atoms with van der Waals surface area (Å²) in [5.41, 5.74) is 3.09. The molecular formula is C23H32N4O5. The maximum absolute atomic E-state index is 11.9. The molecule has 2 aromatic heterocycles. The summed E-state index contributed by atoms with van der Waals surface area (Å²) in [6.45, 7) is 4.58. The van der Waals surface area contributed by atoms with E-state index in [1.54, 1.807) is 10.9 Å². The molecule has 1 saturated carbocycles. The van der Waals surface area contributed by atoms with Crippen molar-refractivity contribution >= 4 is 12.1 Å². The second-order valence-electron chi connectivity index (χ2n) is 8.19. The Bertz CT molecular complexity index is 942. The van der Waals surface area contributed by atoms with Crippen molar-refractivity contribution in [2.45, 2.75) is 65.0 Å². The number of unbranched alkanes of at least 4 members (excludes halogenated alkanes) is 1. The molecule has 0 aromatic carbocycles. The molecule has 32 heavy (non-hydrogen) atoms. The number of carboxylic acids is 1. The van der Waals surface area contributed by atoms with E-state index in [9.17, 15) is 14.7 Å². The summed E-state index contributed by atoms with van der Waals surface area (Å²) < 4.78 is 13.0. The van der Waals surface area contributed by atoms with E-state index in [-0.39, 0.29) is 18.6 Å². The minimum Gasteiger partial charge on any atom is -0.489 e. The van der Waals surface area contributed by atoms with Gasteiger partial charge < -0.3 is 19.9 Å². The van der Waals surface area contributed by atoms with E-state index in [1.807, 2.05) is 33.0 Å². The predicted octanol–water partition coefficient (Wildman–Crippen LogP) is 3.84. The summed E-state index contributed by atoms with van der Waals surface area (Å²) in [6.07, 6.45) is 5.86. The number of aromatic nitrogens is 3. The highest BCUT2D eigenvalue weighted by atomic mass is 16.5. The molecule has 9 heteroatoms. The SMILES string of the molecule is CCCCOC(=O)NCc1c(-c2ccc(OC3CCCC(C(=O)O)C3)c(C)n2)cnn1C. The highest BCUT2D eigenvalue weighted by Crippen LogP contribution is 2.30. The molecular weight excluding hydrogens is 412 g/mol. The zero-order valence-corrected chi connectivity index (χ0v) is 19.0. The van der Waals surface area contributed by atoms with Gasteiger partial charge in [0.15, 0.2) is 0 Å². The van der Waals surface area contributed by atoms with Crippen LogP contribution in [-0.4, -0.2) is 44.6 Å². The molecule has 0 radical (unpaired) electrons. The fourth-order valence-corrected chi connectivity index (χ4v) is 3.88. The Hall–Kier alpha value is -3.10. The number of pyridine rings is 1. The maximum atomic E-state index is 11.9. The monoisotopic (exact) mass is 444 g/mol. The van der Waals surface area contributed by atoms with Gasteiger partial charge in [-0.3, -0.25) is 9.48 Å². The van der Waals surface area contributed by atoms with E-state index in [4.69, 9.17) is 9.47 Å². The molecule has 0 spiro atoms. The average Bonchev–Trinajstić information content (AvgIpc) is 3.14. The van der Waals surface area contributed by atoms with Gasteiger partial charge in [-0.2, -0.15) is 5.10 Å². The number of alkyl carbamates (subject to hydrolysis) is 1. The number of carboxylic acid groups (broad SMARTS) is 1. The van der Waals surface area contributed by atoms with Crippen molar-refractivity contribution in [1.82, 2.24) is 20.1 Å². The van der Waals surface area contributed by atoms with Gasteiger partial charge in [0, 0.05) is 12.6 Å². The number of aryl methyl sites for hydroxylation is 2. The molecule has 2 unspecified atom stereocenters. The van der Waals surface area contributed by atoms with Crippen LogP contribution in [0, 0.1) is 12.8 Å². The molecule has 1 aliphatic rings. The first-order valence-electron chi connectivity index (χ1n) is 11.2. The fourth-order valence-electron chi connectivity index (χ4n) is 3.88. The summed E-state index contributed by atoms with van der Waals surface area (Å²) in [6, 6.07) is 3.73. The van der Waals surface area contributed by atoms with Crippen LogP contribution in [0.2, 0.25) is 0 Å². The van der Waals surface area contributed by atoms with Gasteiger partial charge in [0.1, 0.15) is 5.75 Å². The van der Waals surface area contributed by atoms with Gasteiger partial charge in [-0.1, -0.05) is 13.3 Å². The van der Waals surface area contributed by atoms with Crippen LogP contribution in [0.15, 0.2) is 18.3 Å². The van der Waals surface area contributed by atoms with E-state index in [0.29, 0.717) is 25.2 Å². The van der Waals surface area contributed by atoms with Crippen molar-refractivity contribution in [3.63, 3.8) is 0 Å². The topological polar surface area (TPSA) is 116 Å². The maximum Gasteiger partial charge on any atom is 0.407 e. The minimum atomic E-state index is -0.754. The van der Waals surface area contributed by atoms with Gasteiger partial charge in [0.2, 0.25) is 0 Å². The third-order valence-electron chi connectivity index (χ3n) is 5.78. The van der Waals surface area contributed by atoms with Gasteiger partial charge in [0.25, 0.3) is 0 Å². The Morgan fingerprint density at radius 2 is 2.12 bits per heavy atom. The molecule has 2 heterocycles. The van der Waals surface area contributed by atoms with Crippen LogP contribution in [0.1, 0.15) is 56.8 Å². The van der Waals surface area contributed by atoms with Crippen LogP contribution in [0.3, 0.4) is 0 Å². The van der Waals surface area contributed by atoms with Crippen LogP contribution in [0.4, 0.5) is 4.79 Å². The quantitative estimate of drug-likeness (QED) is 0.565. The Morgan fingerprint density at radius 1 is 1.31 bits per heavy atom. The van der Waals surface area contributed by atoms with Gasteiger partial charge >= 0.3 is 12.1 Å². The number of hydrogen-bond acceptors (Lipinski definition) is 6. The van der Waals surface area contributed by atoms with E-state index in [1.165, 1.54) is 0 Å². The van der Waals surface area contributed by atoms with Crippen molar-refractivity contribution in [1.29, 1.82) is 0 Å². The fraction of sp³-hybridized carbons (Fsp3) is 0.565. The number of carbonyl (C=O) groups excluding carboxylic acids is 1. The lowest BCUT2D eigenvalue weighted by Crippen LogP contribution is -2.29. The molecule has 0 saturated heterocycles. The van der Waals surface area contributed by atoms with Crippen molar-refractivity contribution < 1.29 is 24.2 Å². The van der Waals surface area contributed by atoms with Gasteiger partial charge in [0.05, 0.1) is 48.5 Å². The first-order chi connectivity index (χ1) is 15.4. The van der Waals surface area contributed by atoms with Crippen molar-refractivity contribution in [2.24, 2.45) is 13.0 Å². The number of amides is 1. The standard InChI is InChI=1S/C23H32N4O5/c1-4-5-11-31-23(30)24-14-20-18(13-25-27(20)3)19-9-10-21(15(2)26-19)32-17-8-6-7-16(12-17)22(28)29/h9-10,13,16-17H,4-8,11-12,14H2,1-3H3,(H,24,30)(H,28,29). The number of nitrogens with one attached hydrogen (secondary N) is 1. The third kappa shape index (κ3) is 5.99. The van der Waals surface area contributed by atoms with E-state index in [2.05, 4.69) is 15.4 Å². The molecule has 2 N–H and O–H groups in total. The van der Waals surface area contributed by atoms with Gasteiger partial charge in [-0.05, 0) is 51.2 Å². The van der Waals surface area contributed by atoms with Crippen molar-refractivity contribution in [2.75, 3.05) is 6.61 Å². The zero-order valence-electron chi connectivity index (χ0n) is 19.0. The predicted molar refractivity (Wildman–Crippen MR) is 118 cm³/mol. The lowest BCUT2D eigenvalue weighted by Gasteiger charge is -2.27. The first-order valence-corrected chi connectivity index (χ1v) is 11.2. The molecule has 0 aliphatic heterocycles. The van der Waals surface area contributed by atoms with Crippen molar-refractivity contribution in [3.8, 4) is 17.0 Å². The Morgan fingerprint density at radius 3 is 2.84 bits per heavy atom. The van der Waals surface area contributed by atoms with E-state index in [0.717, 1.165) is 48.3 Å². The summed E-state index contributed by atoms with van der Waals surface area (Å²) in [4.78, 5) is 27.9. The lowest BCUT2D eigenvalue weighted by atomic mass is 9.87. The molecule has 0 bridgehead atoms. The molecule has 3 rings (SSSR count). The van der Waals surface area contributed by atoms with Crippen LogP contribution in [0.5, 0.6) is 5.75 Å². The molecule has 2 atom stereocenters. The van der Waals surface area contributed by atoms with Gasteiger partial charge in [-0.15, -0.1) is 0 Å². The van der Waals surface area contributed by atoms with Crippen LogP contribution in [0.25, 0.3) is 11.3 Å². The molecule has 1 amide bonds. The largest absolute Gasteiger partial charge is 0.489 e. The highest BCUT2D eigenvalue weighted by Gasteiger charge is 2.28. The number of nitrogens with zero attached hydrogens (tertiary/aromatic N) is 3. The molecule has 1 fully saturated rings. The second-order valence-corrected chi connectivity index (χ2v) is 8.19. The number of carbonyl (C=O) groups is 2. The molecule has 174 valence electrons. The summed E-state index contributed by atoms with van der Waals surface area (Å²) in [7, 11) is 1.81. The smallest absolute Gasteiger partial charge is 0.407 e. The van der Waals surface area contributed by atoms with Gasteiger partial charge in [-0.25, -0.2) is 9.78 Å². The average molecular weight is 445 g/mol. The summed E-state index contributed by atoms with van der Waals surface area (Å²) in [5.74, 6) is -0.441. The van der Waals surface area contributed by atoms with Crippen LogP contribution in [-0.2, 0) is 23.1 Å². The lowest BCUT2D eigenvalue weighted by molar-refractivity contribution is -0.143. The Kier molecular flexibility index (Phi) is 8.08. The van der Waals surface area contributed by atoms with Crippen LogP contribution < -0.4 is 10.1 Å². The van der Waals surface area contributed by atoms with E-state index < -0.39 is 12.1 Å². The minimum absolute atomic E-state index is 0.118. The first kappa shape index (κ1) is 23.6. The van der Waals surface area contributed by atoms with Crippen LogP contribution >= 0.6 is 0 Å². The number of ether oxygens (including phenoxy) is 2. The molecule has 1 aliphatic carbocycles. The zero-order chi connectivity index (χ0) is 23.1. The Balaban J connectivity index is 1.67. The second kappa shape index (κ2) is 11.0.